The van der Waals surface area contributed by atoms with E-state index in [4.69, 9.17) is 16.0 Å². The van der Waals surface area contributed by atoms with Gasteiger partial charge in [-0.25, -0.2) is 4.98 Å². The third-order valence-electron chi connectivity index (χ3n) is 2.56. The van der Waals surface area contributed by atoms with Crippen LogP contribution in [0.2, 0.25) is 5.15 Å². The Bertz CT molecular complexity index is 699. The summed E-state index contributed by atoms with van der Waals surface area (Å²) in [5, 5.41) is 1.36. The maximum atomic E-state index is 10.8. The van der Waals surface area contributed by atoms with Gasteiger partial charge < -0.3 is 9.40 Å². The van der Waals surface area contributed by atoms with E-state index in [2.05, 4.69) is 9.97 Å². The highest BCUT2D eigenvalue weighted by molar-refractivity contribution is 6.30. The highest BCUT2D eigenvalue weighted by Crippen LogP contribution is 2.27. The van der Waals surface area contributed by atoms with Crippen LogP contribution in [0.25, 0.3) is 22.2 Å². The minimum Gasteiger partial charge on any atom is -0.461 e. The standard InChI is InChI=1S/C12H7ClN2O2/c13-12-4-9-7(5-14-12)3-10(15-9)8-1-2-17-11(8)6-16/h1-6,15H. The first-order valence-corrected chi connectivity index (χ1v) is 5.33. The predicted molar refractivity (Wildman–Crippen MR) is 64.2 cm³/mol. The van der Waals surface area contributed by atoms with Crippen molar-refractivity contribution in [3.8, 4) is 11.3 Å². The summed E-state index contributed by atoms with van der Waals surface area (Å²) >= 11 is 5.81. The number of hydrogen-bond donors (Lipinski definition) is 1. The Labute approximate surface area is 101 Å². The molecule has 0 amide bonds. The van der Waals surface area contributed by atoms with Crippen molar-refractivity contribution in [2.75, 3.05) is 0 Å². The first kappa shape index (κ1) is 10.1. The van der Waals surface area contributed by atoms with Crippen LogP contribution in [0.1, 0.15) is 10.6 Å². The summed E-state index contributed by atoms with van der Waals surface area (Å²) in [5.74, 6) is 0.301. The van der Waals surface area contributed by atoms with Gasteiger partial charge in [0, 0.05) is 17.1 Å². The van der Waals surface area contributed by atoms with Gasteiger partial charge in [-0.05, 0) is 18.2 Å². The highest BCUT2D eigenvalue weighted by Gasteiger charge is 2.10. The third kappa shape index (κ3) is 1.62. The molecule has 84 valence electrons. The number of rotatable bonds is 2. The Morgan fingerprint density at radius 1 is 1.41 bits per heavy atom. The molecule has 0 saturated carbocycles. The number of carbonyl (C=O) groups is 1. The molecule has 0 saturated heterocycles. The van der Waals surface area contributed by atoms with Gasteiger partial charge in [0.15, 0.2) is 12.0 Å². The molecule has 5 heteroatoms. The van der Waals surface area contributed by atoms with Crippen molar-refractivity contribution < 1.29 is 9.21 Å². The molecule has 1 N–H and O–H groups in total. The SMILES string of the molecule is O=Cc1occc1-c1cc2cnc(Cl)cc2[nH]1. The molecule has 4 nitrogen and oxygen atoms in total. The zero-order valence-corrected chi connectivity index (χ0v) is 9.36. The van der Waals surface area contributed by atoms with E-state index < -0.39 is 0 Å². The first-order chi connectivity index (χ1) is 8.28. The monoisotopic (exact) mass is 246 g/mol. The maximum absolute atomic E-state index is 10.8. The molecule has 0 aliphatic rings. The maximum Gasteiger partial charge on any atom is 0.186 e. The van der Waals surface area contributed by atoms with Crippen LogP contribution >= 0.6 is 11.6 Å². The van der Waals surface area contributed by atoms with Gasteiger partial charge in [-0.1, -0.05) is 11.6 Å². The Hall–Kier alpha value is -2.07. The number of H-pyrrole nitrogens is 1. The molecule has 0 aliphatic heterocycles. The Kier molecular flexibility index (Phi) is 2.23. The zero-order valence-electron chi connectivity index (χ0n) is 8.61. The second-order valence-corrected chi connectivity index (χ2v) is 3.98. The topological polar surface area (TPSA) is 58.9 Å². The fourth-order valence-electron chi connectivity index (χ4n) is 1.78. The number of aldehydes is 1. The van der Waals surface area contributed by atoms with Crippen LogP contribution in [0.5, 0.6) is 0 Å². The number of nitrogens with zero attached hydrogens (tertiary/aromatic N) is 1. The molecular weight excluding hydrogens is 240 g/mol. The van der Waals surface area contributed by atoms with Crippen molar-refractivity contribution >= 4 is 28.8 Å². The molecule has 0 spiro atoms. The lowest BCUT2D eigenvalue weighted by Gasteiger charge is -1.92. The highest BCUT2D eigenvalue weighted by atomic mass is 35.5. The number of fused-ring (bicyclic) bond motifs is 1. The number of aromatic amines is 1. The van der Waals surface area contributed by atoms with Crippen LogP contribution in [-0.2, 0) is 0 Å². The Morgan fingerprint density at radius 3 is 3.12 bits per heavy atom. The molecule has 0 atom stereocenters. The lowest BCUT2D eigenvalue weighted by Crippen LogP contribution is -1.80. The summed E-state index contributed by atoms with van der Waals surface area (Å²) in [6.45, 7) is 0. The lowest BCUT2D eigenvalue weighted by atomic mass is 10.2. The summed E-state index contributed by atoms with van der Waals surface area (Å²) in [6.07, 6.45) is 3.85. The van der Waals surface area contributed by atoms with Crippen LogP contribution in [0.15, 0.2) is 35.1 Å². The van der Waals surface area contributed by atoms with E-state index in [-0.39, 0.29) is 0 Å². The first-order valence-electron chi connectivity index (χ1n) is 4.95. The van der Waals surface area contributed by atoms with Crippen molar-refractivity contribution in [2.45, 2.75) is 0 Å². The van der Waals surface area contributed by atoms with Gasteiger partial charge in [0.05, 0.1) is 17.5 Å². The number of halogens is 1. The molecule has 0 aliphatic carbocycles. The fraction of sp³-hybridized carbons (Fsp3) is 0. The van der Waals surface area contributed by atoms with Gasteiger partial charge in [0.25, 0.3) is 0 Å². The molecule has 17 heavy (non-hydrogen) atoms. The quantitative estimate of drug-likeness (QED) is 0.558. The average Bonchev–Trinajstić information content (AvgIpc) is 2.93. The molecule has 0 aromatic carbocycles. The number of carbonyl (C=O) groups excluding carboxylic acids is 1. The minimum atomic E-state index is 0.301. The van der Waals surface area contributed by atoms with E-state index in [9.17, 15) is 4.79 Å². The number of furan rings is 1. The van der Waals surface area contributed by atoms with Gasteiger partial charge >= 0.3 is 0 Å². The molecule has 3 aromatic heterocycles. The van der Waals surface area contributed by atoms with Crippen LogP contribution < -0.4 is 0 Å². The number of nitrogens with one attached hydrogen (secondary N) is 1. The molecule has 0 bridgehead atoms. The Balaban J connectivity index is 2.21. The second-order valence-electron chi connectivity index (χ2n) is 3.59. The molecule has 0 fully saturated rings. The van der Waals surface area contributed by atoms with Crippen LogP contribution in [0.4, 0.5) is 0 Å². The summed E-state index contributed by atoms with van der Waals surface area (Å²) in [6, 6.07) is 5.38. The van der Waals surface area contributed by atoms with Gasteiger partial charge in [-0.3, -0.25) is 4.79 Å². The van der Waals surface area contributed by atoms with Gasteiger partial charge in [0.1, 0.15) is 5.15 Å². The number of pyridine rings is 1. The van der Waals surface area contributed by atoms with Crippen molar-refractivity contribution in [1.82, 2.24) is 9.97 Å². The average molecular weight is 247 g/mol. The summed E-state index contributed by atoms with van der Waals surface area (Å²) < 4.78 is 5.06. The fourth-order valence-corrected chi connectivity index (χ4v) is 1.94. The normalized spacial score (nSPS) is 10.9. The van der Waals surface area contributed by atoms with E-state index in [0.29, 0.717) is 17.2 Å². The predicted octanol–water partition coefficient (Wildman–Crippen LogP) is 3.29. The van der Waals surface area contributed by atoms with E-state index in [1.807, 2.05) is 6.07 Å². The van der Waals surface area contributed by atoms with Crippen molar-refractivity contribution in [3.63, 3.8) is 0 Å². The minimum absolute atomic E-state index is 0.301. The number of aromatic nitrogens is 2. The second kappa shape index (κ2) is 3.75. The van der Waals surface area contributed by atoms with Gasteiger partial charge in [-0.2, -0.15) is 0 Å². The molecule has 3 aromatic rings. The molecule has 0 radical (unpaired) electrons. The van der Waals surface area contributed by atoms with Crippen molar-refractivity contribution in [3.05, 3.63) is 41.6 Å². The van der Waals surface area contributed by atoms with Gasteiger partial charge in [0.2, 0.25) is 0 Å². The lowest BCUT2D eigenvalue weighted by molar-refractivity contribution is 0.110. The largest absolute Gasteiger partial charge is 0.461 e. The summed E-state index contributed by atoms with van der Waals surface area (Å²) in [5.41, 5.74) is 2.41. The smallest absolute Gasteiger partial charge is 0.186 e. The van der Waals surface area contributed by atoms with E-state index >= 15 is 0 Å². The number of hydrogen-bond acceptors (Lipinski definition) is 3. The molecule has 0 unspecified atom stereocenters. The molecule has 3 heterocycles. The van der Waals surface area contributed by atoms with Gasteiger partial charge in [-0.15, -0.1) is 0 Å². The summed E-state index contributed by atoms with van der Waals surface area (Å²) in [4.78, 5) is 18.0. The van der Waals surface area contributed by atoms with Crippen LogP contribution in [-0.4, -0.2) is 16.3 Å². The molecule has 3 rings (SSSR count). The zero-order chi connectivity index (χ0) is 11.8. The van der Waals surface area contributed by atoms with E-state index in [0.717, 1.165) is 22.2 Å². The van der Waals surface area contributed by atoms with E-state index in [1.54, 1.807) is 18.3 Å². The molecular formula is C12H7ClN2O2. The Morgan fingerprint density at radius 2 is 2.29 bits per heavy atom. The summed E-state index contributed by atoms with van der Waals surface area (Å²) in [7, 11) is 0. The van der Waals surface area contributed by atoms with Crippen molar-refractivity contribution in [2.24, 2.45) is 0 Å². The third-order valence-corrected chi connectivity index (χ3v) is 2.77. The van der Waals surface area contributed by atoms with Crippen molar-refractivity contribution in [1.29, 1.82) is 0 Å². The van der Waals surface area contributed by atoms with Crippen LogP contribution in [0, 0.1) is 0 Å². The van der Waals surface area contributed by atoms with Crippen LogP contribution in [0.3, 0.4) is 0 Å². The van der Waals surface area contributed by atoms with E-state index in [1.165, 1.54) is 6.26 Å².